The molecule has 3 heterocycles. The lowest BCUT2D eigenvalue weighted by molar-refractivity contribution is -0.147. The van der Waals surface area contributed by atoms with Crippen molar-refractivity contribution in [2.24, 2.45) is 17.8 Å². The van der Waals surface area contributed by atoms with Gasteiger partial charge in [-0.15, -0.1) is 24.9 Å². The first-order chi connectivity index (χ1) is 22.0. The molecule has 1 N–H and O–H groups in total. The Bertz CT molecular complexity index is 1480. The number of hydrogen-bond acceptors (Lipinski definition) is 5. The molecular formula is C37H46ClN3O4S. The van der Waals surface area contributed by atoms with Gasteiger partial charge in [0.15, 0.2) is 0 Å². The van der Waals surface area contributed by atoms with Gasteiger partial charge in [0.25, 0.3) is 5.91 Å². The maximum Gasteiger partial charge on any atom is 0.251 e. The Labute approximate surface area is 282 Å². The number of carbonyl (C=O) groups excluding carboxylic acids is 3. The van der Waals surface area contributed by atoms with Crippen LogP contribution in [0.15, 0.2) is 73.8 Å². The van der Waals surface area contributed by atoms with Crippen LogP contribution in [-0.4, -0.2) is 73.9 Å². The summed E-state index contributed by atoms with van der Waals surface area (Å²) in [6.07, 6.45) is 5.41. The summed E-state index contributed by atoms with van der Waals surface area (Å²) in [4.78, 5) is 49.9. The number of likely N-dealkylation sites (tertiary alicyclic amines) is 1. The summed E-state index contributed by atoms with van der Waals surface area (Å²) in [5, 5.41) is 11.2. The largest absolute Gasteiger partial charge is 0.394 e. The van der Waals surface area contributed by atoms with Crippen LogP contribution in [0.2, 0.25) is 5.02 Å². The average molecular weight is 664 g/mol. The third-order valence-corrected chi connectivity index (χ3v) is 12.8. The smallest absolute Gasteiger partial charge is 0.251 e. The first-order valence-electron chi connectivity index (χ1n) is 16.2. The summed E-state index contributed by atoms with van der Waals surface area (Å²) in [5.74, 6) is -1.99. The predicted octanol–water partition coefficient (Wildman–Crippen LogP) is 6.27. The summed E-state index contributed by atoms with van der Waals surface area (Å²) in [5.41, 5.74) is 2.41. The van der Waals surface area contributed by atoms with Gasteiger partial charge in [-0.1, -0.05) is 86.5 Å². The van der Waals surface area contributed by atoms with E-state index < -0.39 is 33.4 Å². The molecule has 0 aliphatic carbocycles. The molecule has 246 valence electrons. The third kappa shape index (κ3) is 5.60. The van der Waals surface area contributed by atoms with Gasteiger partial charge >= 0.3 is 0 Å². The molecule has 9 heteroatoms. The number of anilines is 1. The van der Waals surface area contributed by atoms with Crippen LogP contribution in [0, 0.1) is 24.7 Å². The maximum atomic E-state index is 15.1. The molecule has 46 heavy (non-hydrogen) atoms. The molecule has 7 atom stereocenters. The predicted molar refractivity (Wildman–Crippen MR) is 187 cm³/mol. The van der Waals surface area contributed by atoms with E-state index >= 15 is 4.79 Å². The van der Waals surface area contributed by atoms with Crippen molar-refractivity contribution in [1.29, 1.82) is 0 Å². The molecule has 3 fully saturated rings. The fourth-order valence-corrected chi connectivity index (χ4v) is 10.8. The number of benzene rings is 2. The molecule has 3 saturated heterocycles. The molecule has 5 rings (SSSR count). The molecule has 3 amide bonds. The standard InChI is InChI=1S/C37H46ClN3O4S/c1-7-20-39(22-26-15-11-10-12-16-26)33(43)29-30-34(44)41(28(23-42)24(4)9-3)32(37(30)19-18-36(29,6)46-37)35(45)40(21-8-2)31-25(5)14-13-17-27(31)38/h7-8,10-17,24,28-30,32,42H,1-2,9,18-23H2,3-6H3/t24-,28-,29-,30-,32?,36+,37?/m0/s1. The SMILES string of the molecule is C=CCN(Cc1ccccc1)C(=O)[C@@H]1[C@H]2C(=O)N([C@@H](CO)[C@@H](C)CC)C(C(=O)N(CC=C)c3c(C)cccc3Cl)C23CC[C@@]1(C)S3. The number of nitrogens with zero attached hydrogens (tertiary/aromatic N) is 3. The van der Waals surface area contributed by atoms with Crippen LogP contribution in [0.5, 0.6) is 0 Å². The summed E-state index contributed by atoms with van der Waals surface area (Å²) in [6, 6.07) is 13.9. The third-order valence-electron chi connectivity index (χ3n) is 10.5. The molecule has 2 unspecified atom stereocenters. The summed E-state index contributed by atoms with van der Waals surface area (Å²) in [7, 11) is 0. The van der Waals surface area contributed by atoms with E-state index in [1.54, 1.807) is 44.7 Å². The average Bonchev–Trinajstić information content (AvgIpc) is 3.61. The topological polar surface area (TPSA) is 81.2 Å². The van der Waals surface area contributed by atoms with Gasteiger partial charge in [0.05, 0.1) is 39.9 Å². The summed E-state index contributed by atoms with van der Waals surface area (Å²) >= 11 is 8.37. The highest BCUT2D eigenvalue weighted by Gasteiger charge is 2.78. The Kier molecular flexibility index (Phi) is 10.1. The lowest BCUT2D eigenvalue weighted by Gasteiger charge is -2.41. The molecule has 3 aliphatic rings. The molecule has 3 aliphatic heterocycles. The Balaban J connectivity index is 1.64. The van der Waals surface area contributed by atoms with E-state index in [0.29, 0.717) is 43.1 Å². The van der Waals surface area contributed by atoms with Crippen molar-refractivity contribution in [2.75, 3.05) is 24.6 Å². The number of hydrogen-bond donors (Lipinski definition) is 1. The number of aryl methyl sites for hydroxylation is 1. The number of halogens is 1. The Morgan fingerprint density at radius 2 is 1.80 bits per heavy atom. The van der Waals surface area contributed by atoms with Gasteiger partial charge in [-0.3, -0.25) is 14.4 Å². The lowest BCUT2D eigenvalue weighted by atomic mass is 9.66. The number of fused-ring (bicyclic) bond motifs is 1. The summed E-state index contributed by atoms with van der Waals surface area (Å²) < 4.78 is -1.38. The second kappa shape index (κ2) is 13.6. The van der Waals surface area contributed by atoms with Gasteiger partial charge < -0.3 is 19.8 Å². The van der Waals surface area contributed by atoms with Crippen LogP contribution in [-0.2, 0) is 20.9 Å². The highest BCUT2D eigenvalue weighted by Crippen LogP contribution is 2.72. The van der Waals surface area contributed by atoms with E-state index in [1.165, 1.54) is 0 Å². The maximum absolute atomic E-state index is 15.1. The first kappa shape index (κ1) is 34.3. The normalized spacial score (nSPS) is 27.7. The number of amides is 3. The zero-order valence-electron chi connectivity index (χ0n) is 27.3. The van der Waals surface area contributed by atoms with Crippen molar-refractivity contribution in [3.05, 3.63) is 90.0 Å². The molecule has 7 nitrogen and oxygen atoms in total. The minimum absolute atomic E-state index is 0.0725. The van der Waals surface area contributed by atoms with Gasteiger partial charge in [-0.25, -0.2) is 0 Å². The van der Waals surface area contributed by atoms with E-state index in [4.69, 9.17) is 11.6 Å². The van der Waals surface area contributed by atoms with Crippen molar-refractivity contribution >= 4 is 46.8 Å². The molecule has 2 bridgehead atoms. The van der Waals surface area contributed by atoms with Crippen LogP contribution in [0.25, 0.3) is 0 Å². The highest BCUT2D eigenvalue weighted by atomic mass is 35.5. The number of thioether (sulfide) groups is 1. The molecule has 0 aromatic heterocycles. The lowest BCUT2D eigenvalue weighted by Crippen LogP contribution is -2.59. The van der Waals surface area contributed by atoms with Gasteiger partial charge in [-0.05, 0) is 49.8 Å². The fourth-order valence-electron chi connectivity index (χ4n) is 8.11. The molecule has 1 spiro atoms. The summed E-state index contributed by atoms with van der Waals surface area (Å²) in [6.45, 7) is 16.5. The first-order valence-corrected chi connectivity index (χ1v) is 17.4. The zero-order valence-corrected chi connectivity index (χ0v) is 28.9. The number of aliphatic hydroxyl groups excluding tert-OH is 1. The van der Waals surface area contributed by atoms with Crippen molar-refractivity contribution in [3.8, 4) is 0 Å². The van der Waals surface area contributed by atoms with E-state index in [9.17, 15) is 14.7 Å². The van der Waals surface area contributed by atoms with E-state index in [1.807, 2.05) is 63.2 Å². The Morgan fingerprint density at radius 3 is 2.41 bits per heavy atom. The molecule has 0 radical (unpaired) electrons. The zero-order chi connectivity index (χ0) is 33.4. The van der Waals surface area contributed by atoms with Crippen LogP contribution in [0.4, 0.5) is 5.69 Å². The number of para-hydroxylation sites is 1. The van der Waals surface area contributed by atoms with Crippen molar-refractivity contribution in [2.45, 2.75) is 75.1 Å². The van der Waals surface area contributed by atoms with Crippen LogP contribution < -0.4 is 4.90 Å². The van der Waals surface area contributed by atoms with Gasteiger partial charge in [-0.2, -0.15) is 0 Å². The molecule has 0 saturated carbocycles. The number of carbonyl (C=O) groups is 3. The van der Waals surface area contributed by atoms with E-state index in [2.05, 4.69) is 20.1 Å². The molecular weight excluding hydrogens is 618 g/mol. The van der Waals surface area contributed by atoms with Gasteiger partial charge in [0.2, 0.25) is 11.8 Å². The minimum Gasteiger partial charge on any atom is -0.394 e. The van der Waals surface area contributed by atoms with Crippen molar-refractivity contribution in [3.63, 3.8) is 0 Å². The molecule has 2 aromatic rings. The monoisotopic (exact) mass is 663 g/mol. The van der Waals surface area contributed by atoms with Gasteiger partial charge in [0.1, 0.15) is 6.04 Å². The quantitative estimate of drug-likeness (QED) is 0.256. The van der Waals surface area contributed by atoms with Gasteiger partial charge in [0, 0.05) is 24.4 Å². The minimum atomic E-state index is -0.890. The van der Waals surface area contributed by atoms with E-state index in [-0.39, 0.29) is 36.8 Å². The van der Waals surface area contributed by atoms with Crippen LogP contribution >= 0.6 is 23.4 Å². The van der Waals surface area contributed by atoms with Crippen LogP contribution in [0.3, 0.4) is 0 Å². The fraction of sp³-hybridized carbons (Fsp3) is 0.486. The second-order valence-electron chi connectivity index (χ2n) is 13.2. The van der Waals surface area contributed by atoms with Crippen molar-refractivity contribution < 1.29 is 19.5 Å². The van der Waals surface area contributed by atoms with Crippen LogP contribution in [0.1, 0.15) is 51.2 Å². The van der Waals surface area contributed by atoms with E-state index in [0.717, 1.165) is 11.1 Å². The Hall–Kier alpha value is -3.07. The molecule has 2 aromatic carbocycles. The second-order valence-corrected chi connectivity index (χ2v) is 15.5. The van der Waals surface area contributed by atoms with Crippen molar-refractivity contribution in [1.82, 2.24) is 9.80 Å². The number of rotatable bonds is 13. The number of aliphatic hydroxyl groups is 1. The highest BCUT2D eigenvalue weighted by molar-refractivity contribution is 8.02. The Morgan fingerprint density at radius 1 is 1.11 bits per heavy atom.